The Kier molecular flexibility index (Phi) is 7.68. The Balaban J connectivity index is 1.42. The van der Waals surface area contributed by atoms with Gasteiger partial charge in [-0.05, 0) is 42.3 Å². The van der Waals surface area contributed by atoms with Gasteiger partial charge in [0, 0.05) is 18.1 Å². The molecule has 4 aromatic carbocycles. The van der Waals surface area contributed by atoms with E-state index in [-0.39, 0.29) is 29.6 Å². The van der Waals surface area contributed by atoms with Gasteiger partial charge in [-0.25, -0.2) is 8.42 Å². The minimum absolute atomic E-state index is 0.0586. The number of anilines is 2. The lowest BCUT2D eigenvalue weighted by Crippen LogP contribution is -2.39. The van der Waals surface area contributed by atoms with Crippen molar-refractivity contribution in [1.29, 1.82) is 0 Å². The van der Waals surface area contributed by atoms with Crippen molar-refractivity contribution < 1.29 is 23.2 Å². The first-order valence-electron chi connectivity index (χ1n) is 12.8. The summed E-state index contributed by atoms with van der Waals surface area (Å²) in [7, 11) is -4.11. The molecule has 1 amide bonds. The van der Waals surface area contributed by atoms with Crippen LogP contribution in [0.15, 0.2) is 107 Å². The second-order valence-corrected chi connectivity index (χ2v) is 11.4. The monoisotopic (exact) mass is 555 g/mol. The van der Waals surface area contributed by atoms with E-state index in [9.17, 15) is 18.3 Å². The molecule has 40 heavy (non-hydrogen) atoms. The van der Waals surface area contributed by atoms with Crippen LogP contribution in [0.3, 0.4) is 0 Å². The van der Waals surface area contributed by atoms with Crippen molar-refractivity contribution in [2.75, 3.05) is 22.8 Å². The van der Waals surface area contributed by atoms with E-state index in [0.29, 0.717) is 11.4 Å². The second-order valence-electron chi connectivity index (χ2n) is 9.53. The molecule has 0 saturated carbocycles. The zero-order chi connectivity index (χ0) is 28.3. The summed E-state index contributed by atoms with van der Waals surface area (Å²) in [6, 6.07) is 28.7. The van der Waals surface area contributed by atoms with E-state index in [4.69, 9.17) is 4.84 Å². The standard InChI is InChI=1S/C31H29N3O5S/c1-21-15-17-24(18-16-21)40(37,38)34(30-14-8-7-13-29(30)32-22(2)35)19-23(36)20-39-33-31-27-11-5-3-9-25(27)26-10-4-6-12-28(26)31/h3-18,23,36H,19-20H2,1-2H3,(H,32,35). The van der Waals surface area contributed by atoms with Crippen LogP contribution in [-0.4, -0.2) is 44.4 Å². The number of sulfonamides is 1. The molecular formula is C31H29N3O5S. The molecule has 5 rings (SSSR count). The van der Waals surface area contributed by atoms with Gasteiger partial charge in [0.1, 0.15) is 18.4 Å². The van der Waals surface area contributed by atoms with Crippen LogP contribution >= 0.6 is 0 Å². The Morgan fingerprint density at radius 2 is 1.43 bits per heavy atom. The van der Waals surface area contributed by atoms with Crippen molar-refractivity contribution in [3.05, 3.63) is 114 Å². The van der Waals surface area contributed by atoms with Crippen molar-refractivity contribution in [2.45, 2.75) is 24.8 Å². The van der Waals surface area contributed by atoms with Gasteiger partial charge in [0.15, 0.2) is 0 Å². The van der Waals surface area contributed by atoms with Gasteiger partial charge in [0.05, 0.1) is 22.8 Å². The third-order valence-electron chi connectivity index (χ3n) is 6.55. The molecule has 0 aliphatic heterocycles. The van der Waals surface area contributed by atoms with Gasteiger partial charge < -0.3 is 15.3 Å². The predicted molar refractivity (Wildman–Crippen MR) is 156 cm³/mol. The van der Waals surface area contributed by atoms with Crippen molar-refractivity contribution >= 4 is 33.0 Å². The number of hydrogen-bond donors (Lipinski definition) is 2. The minimum atomic E-state index is -4.11. The summed E-state index contributed by atoms with van der Waals surface area (Å²) in [6.45, 7) is 2.63. The maximum Gasteiger partial charge on any atom is 0.264 e. The van der Waals surface area contributed by atoms with Crippen LogP contribution in [0.1, 0.15) is 23.6 Å². The highest BCUT2D eigenvalue weighted by Crippen LogP contribution is 2.36. The highest BCUT2D eigenvalue weighted by molar-refractivity contribution is 7.92. The number of nitrogens with one attached hydrogen (secondary N) is 1. The number of nitrogens with zero attached hydrogens (tertiary/aromatic N) is 2. The van der Waals surface area contributed by atoms with E-state index in [0.717, 1.165) is 32.1 Å². The molecule has 1 aliphatic carbocycles. The molecule has 0 spiro atoms. The number of rotatable bonds is 9. The lowest BCUT2D eigenvalue weighted by Gasteiger charge is -2.28. The molecule has 0 bridgehead atoms. The number of benzene rings is 4. The zero-order valence-electron chi connectivity index (χ0n) is 22.1. The Bertz CT molecular complexity index is 1640. The van der Waals surface area contributed by atoms with Crippen LogP contribution in [0.25, 0.3) is 11.1 Å². The molecule has 9 heteroatoms. The number of amides is 1. The Morgan fingerprint density at radius 3 is 2.02 bits per heavy atom. The summed E-state index contributed by atoms with van der Waals surface area (Å²) in [5.41, 5.74) is 6.03. The molecule has 8 nitrogen and oxygen atoms in total. The highest BCUT2D eigenvalue weighted by Gasteiger charge is 2.30. The van der Waals surface area contributed by atoms with E-state index in [1.807, 2.05) is 55.5 Å². The van der Waals surface area contributed by atoms with Crippen LogP contribution < -0.4 is 9.62 Å². The molecule has 0 fully saturated rings. The van der Waals surface area contributed by atoms with Crippen molar-refractivity contribution in [2.24, 2.45) is 5.16 Å². The Hall–Kier alpha value is -4.47. The number of para-hydroxylation sites is 2. The van der Waals surface area contributed by atoms with Gasteiger partial charge in [-0.3, -0.25) is 9.10 Å². The van der Waals surface area contributed by atoms with Gasteiger partial charge in [0.2, 0.25) is 5.91 Å². The number of fused-ring (bicyclic) bond motifs is 3. The molecule has 1 unspecified atom stereocenters. The van der Waals surface area contributed by atoms with Crippen molar-refractivity contribution in [3.63, 3.8) is 0 Å². The van der Waals surface area contributed by atoms with E-state index in [2.05, 4.69) is 10.5 Å². The molecule has 0 saturated heterocycles. The molecule has 0 aromatic heterocycles. The predicted octanol–water partition coefficient (Wildman–Crippen LogP) is 4.96. The lowest BCUT2D eigenvalue weighted by molar-refractivity contribution is -0.114. The number of aryl methyl sites for hydroxylation is 1. The van der Waals surface area contributed by atoms with Gasteiger partial charge in [-0.2, -0.15) is 0 Å². The summed E-state index contributed by atoms with van der Waals surface area (Å²) in [5, 5.41) is 18.0. The van der Waals surface area contributed by atoms with E-state index < -0.39 is 16.1 Å². The molecule has 0 radical (unpaired) electrons. The summed E-state index contributed by atoms with van der Waals surface area (Å²) in [5.74, 6) is -0.350. The second kappa shape index (κ2) is 11.3. The van der Waals surface area contributed by atoms with Gasteiger partial charge in [-0.15, -0.1) is 0 Å². The molecule has 4 aromatic rings. The van der Waals surface area contributed by atoms with E-state index >= 15 is 0 Å². The fourth-order valence-corrected chi connectivity index (χ4v) is 6.20. The summed E-state index contributed by atoms with van der Waals surface area (Å²) >= 11 is 0. The first-order chi connectivity index (χ1) is 19.3. The summed E-state index contributed by atoms with van der Waals surface area (Å²) in [6.07, 6.45) is -1.23. The fourth-order valence-electron chi connectivity index (χ4n) is 4.67. The molecule has 0 heterocycles. The number of aliphatic hydroxyl groups excluding tert-OH is 1. The smallest absolute Gasteiger partial charge is 0.264 e. The number of carbonyl (C=O) groups is 1. The number of oxime groups is 1. The summed E-state index contributed by atoms with van der Waals surface area (Å²) < 4.78 is 28.7. The average molecular weight is 556 g/mol. The normalized spacial score (nSPS) is 12.7. The SMILES string of the molecule is CC(=O)Nc1ccccc1N(CC(O)CON=C1c2ccccc2-c2ccccc21)S(=O)(=O)c1ccc(C)cc1. The first kappa shape index (κ1) is 27.1. The van der Waals surface area contributed by atoms with Gasteiger partial charge in [0.25, 0.3) is 10.0 Å². The number of hydrogen-bond acceptors (Lipinski definition) is 6. The van der Waals surface area contributed by atoms with Crippen LogP contribution in [0.5, 0.6) is 0 Å². The van der Waals surface area contributed by atoms with E-state index in [1.165, 1.54) is 19.1 Å². The maximum atomic E-state index is 13.8. The van der Waals surface area contributed by atoms with E-state index in [1.54, 1.807) is 36.4 Å². The summed E-state index contributed by atoms with van der Waals surface area (Å²) in [4.78, 5) is 17.5. The highest BCUT2D eigenvalue weighted by atomic mass is 32.2. The van der Waals surface area contributed by atoms with Crippen molar-refractivity contribution in [3.8, 4) is 11.1 Å². The zero-order valence-corrected chi connectivity index (χ0v) is 22.9. The topological polar surface area (TPSA) is 108 Å². The van der Waals surface area contributed by atoms with Crippen LogP contribution in [0.4, 0.5) is 11.4 Å². The Morgan fingerprint density at radius 1 is 0.875 bits per heavy atom. The first-order valence-corrected chi connectivity index (χ1v) is 14.2. The third-order valence-corrected chi connectivity index (χ3v) is 8.34. The Labute approximate surface area is 233 Å². The van der Waals surface area contributed by atoms with Crippen LogP contribution in [0.2, 0.25) is 0 Å². The minimum Gasteiger partial charge on any atom is -0.392 e. The van der Waals surface area contributed by atoms with Gasteiger partial charge >= 0.3 is 0 Å². The molecule has 1 atom stereocenters. The molecular weight excluding hydrogens is 526 g/mol. The molecule has 2 N–H and O–H groups in total. The average Bonchev–Trinajstić information content (AvgIpc) is 3.26. The fraction of sp³-hybridized carbons (Fsp3) is 0.161. The molecule has 204 valence electrons. The van der Waals surface area contributed by atoms with Crippen molar-refractivity contribution in [1.82, 2.24) is 0 Å². The van der Waals surface area contributed by atoms with Gasteiger partial charge in [-0.1, -0.05) is 83.5 Å². The van der Waals surface area contributed by atoms with Crippen LogP contribution in [0, 0.1) is 6.92 Å². The largest absolute Gasteiger partial charge is 0.392 e. The maximum absolute atomic E-state index is 13.8. The van der Waals surface area contributed by atoms with Crippen LogP contribution in [-0.2, 0) is 19.7 Å². The molecule has 1 aliphatic rings. The quantitative estimate of drug-likeness (QED) is 0.250. The third kappa shape index (κ3) is 5.47. The number of aliphatic hydroxyl groups is 1. The number of carbonyl (C=O) groups excluding carboxylic acids is 1. The lowest BCUT2D eigenvalue weighted by atomic mass is 10.1.